The molecule has 0 saturated carbocycles. The second kappa shape index (κ2) is 4.89. The molecule has 1 aliphatic heterocycles. The smallest absolute Gasteiger partial charge is 0.299 e. The minimum absolute atomic E-state index is 0.404. The predicted octanol–water partition coefficient (Wildman–Crippen LogP) is 2.16. The van der Waals surface area contributed by atoms with E-state index < -0.39 is 11.7 Å². The number of pyridine rings is 1. The van der Waals surface area contributed by atoms with Gasteiger partial charge in [-0.25, -0.2) is 0 Å². The normalized spacial score (nSPS) is 13.8. The number of ketones is 1. The average Bonchev–Trinajstić information content (AvgIpc) is 2.72. The zero-order valence-corrected chi connectivity index (χ0v) is 11.2. The summed E-state index contributed by atoms with van der Waals surface area (Å²) >= 11 is 0. The summed E-state index contributed by atoms with van der Waals surface area (Å²) in [4.78, 5) is 29.6. The van der Waals surface area contributed by atoms with Crippen molar-refractivity contribution in [1.29, 1.82) is 0 Å². The van der Waals surface area contributed by atoms with Crippen LogP contribution in [0, 0.1) is 6.92 Å². The van der Waals surface area contributed by atoms with Gasteiger partial charge in [0, 0.05) is 18.9 Å². The fraction of sp³-hybridized carbons (Fsp3) is 0.188. The van der Waals surface area contributed by atoms with Crippen LogP contribution >= 0.6 is 0 Å². The van der Waals surface area contributed by atoms with E-state index in [9.17, 15) is 9.59 Å². The summed E-state index contributed by atoms with van der Waals surface area (Å²) in [7, 11) is 0. The number of aryl methyl sites for hydroxylation is 1. The van der Waals surface area contributed by atoms with Crippen molar-refractivity contribution in [1.82, 2.24) is 4.98 Å². The third-order valence-corrected chi connectivity index (χ3v) is 3.57. The maximum Gasteiger partial charge on any atom is 0.299 e. The van der Waals surface area contributed by atoms with Crippen molar-refractivity contribution in [2.75, 3.05) is 11.4 Å². The molecule has 2 aromatic rings. The molecular weight excluding hydrogens is 252 g/mol. The van der Waals surface area contributed by atoms with Crippen LogP contribution in [0.5, 0.6) is 0 Å². The first-order valence-corrected chi connectivity index (χ1v) is 6.53. The van der Waals surface area contributed by atoms with Crippen LogP contribution in [-0.4, -0.2) is 23.2 Å². The zero-order valence-electron chi connectivity index (χ0n) is 11.2. The molecule has 0 unspecified atom stereocenters. The Morgan fingerprint density at radius 3 is 2.60 bits per heavy atom. The van der Waals surface area contributed by atoms with Crippen molar-refractivity contribution in [2.24, 2.45) is 0 Å². The monoisotopic (exact) mass is 266 g/mol. The van der Waals surface area contributed by atoms with Crippen LogP contribution in [0.15, 0.2) is 42.7 Å². The lowest BCUT2D eigenvalue weighted by atomic mass is 10.1. The summed E-state index contributed by atoms with van der Waals surface area (Å²) in [6.07, 6.45) is 4.16. The van der Waals surface area contributed by atoms with Crippen LogP contribution in [0.25, 0.3) is 0 Å². The van der Waals surface area contributed by atoms with Crippen LogP contribution < -0.4 is 4.90 Å². The van der Waals surface area contributed by atoms with Gasteiger partial charge >= 0.3 is 0 Å². The first-order chi connectivity index (χ1) is 9.68. The maximum absolute atomic E-state index is 12.1. The number of hydrogen-bond donors (Lipinski definition) is 0. The van der Waals surface area contributed by atoms with Crippen LogP contribution in [0.1, 0.15) is 21.5 Å². The third-order valence-electron chi connectivity index (χ3n) is 3.57. The zero-order chi connectivity index (χ0) is 14.1. The molecule has 1 aromatic heterocycles. The van der Waals surface area contributed by atoms with Crippen molar-refractivity contribution in [2.45, 2.75) is 13.3 Å². The quantitative estimate of drug-likeness (QED) is 0.800. The highest BCUT2D eigenvalue weighted by atomic mass is 16.2. The molecule has 3 rings (SSSR count). The van der Waals surface area contributed by atoms with E-state index >= 15 is 0 Å². The highest BCUT2D eigenvalue weighted by Gasteiger charge is 2.36. The van der Waals surface area contributed by atoms with Crippen molar-refractivity contribution < 1.29 is 9.59 Å². The van der Waals surface area contributed by atoms with E-state index in [1.807, 2.05) is 31.2 Å². The molecule has 0 bridgehead atoms. The molecule has 0 aliphatic carbocycles. The van der Waals surface area contributed by atoms with E-state index in [1.165, 1.54) is 0 Å². The molecule has 100 valence electrons. The lowest BCUT2D eigenvalue weighted by Crippen LogP contribution is -2.32. The Hall–Kier alpha value is -2.49. The molecule has 0 atom stereocenters. The van der Waals surface area contributed by atoms with E-state index in [0.717, 1.165) is 16.8 Å². The van der Waals surface area contributed by atoms with Gasteiger partial charge in [-0.1, -0.05) is 12.1 Å². The van der Waals surface area contributed by atoms with Crippen LogP contribution in [0.3, 0.4) is 0 Å². The maximum atomic E-state index is 12.1. The molecule has 0 radical (unpaired) electrons. The predicted molar refractivity (Wildman–Crippen MR) is 75.8 cm³/mol. The summed E-state index contributed by atoms with van der Waals surface area (Å²) in [6.45, 7) is 2.43. The summed E-state index contributed by atoms with van der Waals surface area (Å²) in [5.41, 5.74) is 3.33. The lowest BCUT2D eigenvalue weighted by Gasteiger charge is -2.18. The van der Waals surface area contributed by atoms with Crippen LogP contribution in [-0.2, 0) is 11.2 Å². The number of nitrogens with zero attached hydrogens (tertiary/aromatic N) is 2. The van der Waals surface area contributed by atoms with Gasteiger partial charge in [-0.3, -0.25) is 14.6 Å². The summed E-state index contributed by atoms with van der Waals surface area (Å²) < 4.78 is 0. The number of carbonyl (C=O) groups excluding carboxylic acids is 2. The van der Waals surface area contributed by atoms with E-state index in [1.54, 1.807) is 23.4 Å². The molecule has 0 spiro atoms. The standard InChI is InChI=1S/C16H14N2O2/c1-11-3-2-4-13-14(11)18(16(20)15(13)19)10-7-12-5-8-17-9-6-12/h2-6,8-9H,7,10H2,1H3. The first-order valence-electron chi connectivity index (χ1n) is 6.53. The SMILES string of the molecule is Cc1cccc2c1N(CCc1ccncc1)C(=O)C2=O. The van der Waals surface area contributed by atoms with Gasteiger partial charge in [0.25, 0.3) is 11.7 Å². The number of anilines is 1. The van der Waals surface area contributed by atoms with Gasteiger partial charge in [0.2, 0.25) is 0 Å². The number of aromatic nitrogens is 1. The molecule has 0 fully saturated rings. The fourth-order valence-corrected chi connectivity index (χ4v) is 2.54. The van der Waals surface area contributed by atoms with E-state index in [-0.39, 0.29) is 0 Å². The van der Waals surface area contributed by atoms with Gasteiger partial charge in [-0.15, -0.1) is 0 Å². The number of hydrogen-bond acceptors (Lipinski definition) is 3. The number of rotatable bonds is 3. The van der Waals surface area contributed by atoms with Crippen molar-refractivity contribution >= 4 is 17.4 Å². The Bertz CT molecular complexity index is 680. The number of amides is 1. The Labute approximate surface area is 117 Å². The van der Waals surface area contributed by atoms with E-state index in [0.29, 0.717) is 18.5 Å². The highest BCUT2D eigenvalue weighted by Crippen LogP contribution is 2.32. The van der Waals surface area contributed by atoms with Gasteiger partial charge in [0.1, 0.15) is 0 Å². The molecule has 1 aliphatic rings. The summed E-state index contributed by atoms with van der Waals surface area (Å²) in [5.74, 6) is -0.832. The summed E-state index contributed by atoms with van der Waals surface area (Å²) in [5, 5.41) is 0. The number of benzene rings is 1. The van der Waals surface area contributed by atoms with Gasteiger partial charge in [0.15, 0.2) is 0 Å². The Morgan fingerprint density at radius 1 is 1.10 bits per heavy atom. The van der Waals surface area contributed by atoms with Crippen LogP contribution in [0.4, 0.5) is 5.69 Å². The average molecular weight is 266 g/mol. The molecule has 0 N–H and O–H groups in total. The Balaban J connectivity index is 1.88. The minimum Gasteiger partial charge on any atom is -0.304 e. The molecule has 1 aromatic carbocycles. The van der Waals surface area contributed by atoms with Crippen molar-refractivity contribution in [3.8, 4) is 0 Å². The molecule has 4 nitrogen and oxygen atoms in total. The van der Waals surface area contributed by atoms with Gasteiger partial charge in [-0.05, 0) is 42.7 Å². The van der Waals surface area contributed by atoms with Crippen molar-refractivity contribution in [3.63, 3.8) is 0 Å². The molecule has 4 heteroatoms. The molecule has 1 amide bonds. The lowest BCUT2D eigenvalue weighted by molar-refractivity contribution is -0.114. The largest absolute Gasteiger partial charge is 0.304 e. The first kappa shape index (κ1) is 12.5. The highest BCUT2D eigenvalue weighted by molar-refractivity contribution is 6.52. The second-order valence-corrected chi connectivity index (χ2v) is 4.86. The topological polar surface area (TPSA) is 50.3 Å². The van der Waals surface area contributed by atoms with Gasteiger partial charge in [0.05, 0.1) is 11.3 Å². The third kappa shape index (κ3) is 1.99. The fourth-order valence-electron chi connectivity index (χ4n) is 2.54. The molecule has 20 heavy (non-hydrogen) atoms. The van der Waals surface area contributed by atoms with E-state index in [4.69, 9.17) is 0 Å². The Morgan fingerprint density at radius 2 is 1.85 bits per heavy atom. The molecule has 2 heterocycles. The number of Topliss-reactive ketones (excluding diaryl/α,β-unsaturated/α-hetero) is 1. The minimum atomic E-state index is -0.427. The van der Waals surface area contributed by atoms with Crippen LogP contribution in [0.2, 0.25) is 0 Å². The number of para-hydroxylation sites is 1. The molecular formula is C16H14N2O2. The number of carbonyl (C=O) groups is 2. The second-order valence-electron chi connectivity index (χ2n) is 4.86. The molecule has 0 saturated heterocycles. The van der Waals surface area contributed by atoms with Gasteiger partial charge in [-0.2, -0.15) is 0 Å². The number of fused-ring (bicyclic) bond motifs is 1. The van der Waals surface area contributed by atoms with Crippen molar-refractivity contribution in [3.05, 3.63) is 59.4 Å². The summed E-state index contributed by atoms with van der Waals surface area (Å²) in [6, 6.07) is 9.28. The van der Waals surface area contributed by atoms with E-state index in [2.05, 4.69) is 4.98 Å². The van der Waals surface area contributed by atoms with Gasteiger partial charge < -0.3 is 4.90 Å². The Kier molecular flexibility index (Phi) is 3.06.